The Morgan fingerprint density at radius 2 is 2.12 bits per heavy atom. The Morgan fingerprint density at radius 3 is 2.81 bits per heavy atom. The number of aliphatic hydroxyl groups is 1. The van der Waals surface area contributed by atoms with E-state index in [4.69, 9.17) is 0 Å². The number of aromatic nitrogens is 4. The number of hydrogen-bond donors (Lipinski definition) is 1. The molecule has 1 fully saturated rings. The highest BCUT2D eigenvalue weighted by Crippen LogP contribution is 2.24. The number of hydrogen-bond acceptors (Lipinski definition) is 6. The molecule has 1 atom stereocenters. The zero-order chi connectivity index (χ0) is 18.7. The van der Waals surface area contributed by atoms with Crippen LogP contribution in [0.3, 0.4) is 0 Å². The lowest BCUT2D eigenvalue weighted by molar-refractivity contribution is 0.00305. The molecular weight excluding hydrogens is 332 g/mol. The minimum Gasteiger partial charge on any atom is -0.388 e. The second kappa shape index (κ2) is 7.51. The van der Waals surface area contributed by atoms with Crippen LogP contribution in [0.1, 0.15) is 35.4 Å². The van der Waals surface area contributed by atoms with Crippen LogP contribution in [0.2, 0.25) is 0 Å². The van der Waals surface area contributed by atoms with E-state index in [1.165, 1.54) is 0 Å². The Hall–Kier alpha value is -2.32. The van der Waals surface area contributed by atoms with Crippen LogP contribution in [0.4, 0.5) is 0 Å². The van der Waals surface area contributed by atoms with Gasteiger partial charge in [-0.3, -0.25) is 4.79 Å². The minimum atomic E-state index is -0.732. The number of rotatable bonds is 4. The summed E-state index contributed by atoms with van der Waals surface area (Å²) in [5.74, 6) is 0.643. The number of aryl methyl sites for hydroxylation is 1. The zero-order valence-electron chi connectivity index (χ0n) is 15.6. The highest BCUT2D eigenvalue weighted by Gasteiger charge is 2.32. The van der Waals surface area contributed by atoms with E-state index in [1.54, 1.807) is 4.68 Å². The Bertz CT molecular complexity index is 775. The number of benzene rings is 1. The van der Waals surface area contributed by atoms with Gasteiger partial charge in [0.1, 0.15) is 0 Å². The summed E-state index contributed by atoms with van der Waals surface area (Å²) in [6.45, 7) is 3.64. The third kappa shape index (κ3) is 4.08. The summed E-state index contributed by atoms with van der Waals surface area (Å²) in [6.07, 6.45) is 2.09. The van der Waals surface area contributed by atoms with E-state index in [2.05, 4.69) is 15.5 Å². The first-order chi connectivity index (χ1) is 12.4. The molecule has 8 heteroatoms. The molecule has 0 radical (unpaired) electrons. The first-order valence-electron chi connectivity index (χ1n) is 8.90. The molecule has 3 rings (SSSR count). The van der Waals surface area contributed by atoms with E-state index < -0.39 is 5.60 Å². The Morgan fingerprint density at radius 1 is 1.31 bits per heavy atom. The number of amides is 1. The van der Waals surface area contributed by atoms with Gasteiger partial charge in [-0.25, -0.2) is 0 Å². The molecule has 1 aromatic heterocycles. The van der Waals surface area contributed by atoms with Crippen LogP contribution in [0.15, 0.2) is 24.3 Å². The molecule has 26 heavy (non-hydrogen) atoms. The predicted molar refractivity (Wildman–Crippen MR) is 97.1 cm³/mol. The van der Waals surface area contributed by atoms with E-state index in [9.17, 15) is 9.90 Å². The topological polar surface area (TPSA) is 87.4 Å². The van der Waals surface area contributed by atoms with Gasteiger partial charge in [-0.15, -0.1) is 5.10 Å². The van der Waals surface area contributed by atoms with Crippen LogP contribution in [0.5, 0.6) is 0 Å². The van der Waals surface area contributed by atoms with Crippen molar-refractivity contribution in [3.63, 3.8) is 0 Å². The predicted octanol–water partition coefficient (Wildman–Crippen LogP) is 0.890. The third-order valence-electron chi connectivity index (χ3n) is 4.78. The van der Waals surface area contributed by atoms with E-state index in [0.29, 0.717) is 43.9 Å². The van der Waals surface area contributed by atoms with Crippen molar-refractivity contribution in [3.8, 4) is 5.69 Å². The lowest BCUT2D eigenvalue weighted by atomic mass is 9.94. The average Bonchev–Trinajstić information content (AvgIpc) is 2.93. The van der Waals surface area contributed by atoms with Gasteiger partial charge >= 0.3 is 0 Å². The maximum absolute atomic E-state index is 13.0. The monoisotopic (exact) mass is 358 g/mol. The van der Waals surface area contributed by atoms with Gasteiger partial charge in [0.25, 0.3) is 5.91 Å². The van der Waals surface area contributed by atoms with Gasteiger partial charge in [0.15, 0.2) is 5.82 Å². The largest absolute Gasteiger partial charge is 0.388 e. The van der Waals surface area contributed by atoms with Crippen molar-refractivity contribution in [2.24, 2.45) is 0 Å². The maximum atomic E-state index is 13.0. The van der Waals surface area contributed by atoms with Gasteiger partial charge in [0.2, 0.25) is 0 Å². The van der Waals surface area contributed by atoms with Crippen LogP contribution in [-0.2, 0) is 0 Å². The zero-order valence-corrected chi connectivity index (χ0v) is 15.6. The van der Waals surface area contributed by atoms with Crippen molar-refractivity contribution in [2.45, 2.75) is 31.8 Å². The molecular formula is C18H26N6O2. The first kappa shape index (κ1) is 18.5. The Labute approximate surface area is 153 Å². The lowest BCUT2D eigenvalue weighted by Crippen LogP contribution is -2.41. The summed E-state index contributed by atoms with van der Waals surface area (Å²) >= 11 is 0. The second-order valence-electron chi connectivity index (χ2n) is 7.30. The fourth-order valence-electron chi connectivity index (χ4n) is 3.55. The van der Waals surface area contributed by atoms with Crippen molar-refractivity contribution in [1.29, 1.82) is 0 Å². The molecule has 1 N–H and O–H groups in total. The van der Waals surface area contributed by atoms with Crippen molar-refractivity contribution in [1.82, 2.24) is 30.0 Å². The van der Waals surface area contributed by atoms with Gasteiger partial charge in [-0.05, 0) is 68.9 Å². The van der Waals surface area contributed by atoms with E-state index in [0.717, 1.165) is 12.1 Å². The fraction of sp³-hybridized carbons (Fsp3) is 0.556. The summed E-state index contributed by atoms with van der Waals surface area (Å²) in [6, 6.07) is 7.33. The number of carbonyl (C=O) groups excluding carboxylic acids is 1. The normalized spacial score (nSPS) is 21.0. The molecule has 2 aromatic rings. The molecule has 8 nitrogen and oxygen atoms in total. The van der Waals surface area contributed by atoms with Gasteiger partial charge in [-0.2, -0.15) is 4.68 Å². The van der Waals surface area contributed by atoms with Crippen molar-refractivity contribution < 1.29 is 9.90 Å². The molecule has 0 unspecified atom stereocenters. The SMILES string of the molecule is Cc1nnnn1-c1cccc(C(=O)N2CCC[C@@](O)(CN(C)C)CC2)c1. The summed E-state index contributed by atoms with van der Waals surface area (Å²) in [7, 11) is 3.91. The molecule has 0 bridgehead atoms. The Kier molecular flexibility index (Phi) is 5.33. The number of tetrazole rings is 1. The smallest absolute Gasteiger partial charge is 0.253 e. The molecule has 140 valence electrons. The van der Waals surface area contributed by atoms with Crippen LogP contribution >= 0.6 is 0 Å². The minimum absolute atomic E-state index is 0.0216. The number of carbonyl (C=O) groups is 1. The maximum Gasteiger partial charge on any atom is 0.253 e. The molecule has 0 saturated carbocycles. The lowest BCUT2D eigenvalue weighted by Gasteiger charge is -2.30. The highest BCUT2D eigenvalue weighted by molar-refractivity contribution is 5.94. The molecule has 1 aliphatic rings. The summed E-state index contributed by atoms with van der Waals surface area (Å²) in [5, 5.41) is 22.3. The average molecular weight is 358 g/mol. The van der Waals surface area contributed by atoms with Crippen LogP contribution in [-0.4, -0.2) is 80.4 Å². The molecule has 1 amide bonds. The van der Waals surface area contributed by atoms with Crippen LogP contribution < -0.4 is 0 Å². The van der Waals surface area contributed by atoms with E-state index in [-0.39, 0.29) is 5.91 Å². The fourth-order valence-corrected chi connectivity index (χ4v) is 3.55. The van der Waals surface area contributed by atoms with Gasteiger partial charge in [-0.1, -0.05) is 6.07 Å². The molecule has 1 saturated heterocycles. The van der Waals surface area contributed by atoms with Crippen molar-refractivity contribution in [3.05, 3.63) is 35.7 Å². The molecule has 1 aliphatic heterocycles. The number of nitrogens with zero attached hydrogens (tertiary/aromatic N) is 6. The summed E-state index contributed by atoms with van der Waals surface area (Å²) in [4.78, 5) is 16.8. The third-order valence-corrected chi connectivity index (χ3v) is 4.78. The van der Waals surface area contributed by atoms with Crippen molar-refractivity contribution in [2.75, 3.05) is 33.7 Å². The van der Waals surface area contributed by atoms with Gasteiger partial charge in [0, 0.05) is 25.2 Å². The van der Waals surface area contributed by atoms with E-state index >= 15 is 0 Å². The molecule has 1 aromatic carbocycles. The van der Waals surface area contributed by atoms with Crippen LogP contribution in [0, 0.1) is 6.92 Å². The second-order valence-corrected chi connectivity index (χ2v) is 7.30. The molecule has 0 spiro atoms. The molecule has 2 heterocycles. The van der Waals surface area contributed by atoms with Crippen LogP contribution in [0.25, 0.3) is 5.69 Å². The van der Waals surface area contributed by atoms with Gasteiger partial charge < -0.3 is 14.9 Å². The highest BCUT2D eigenvalue weighted by atomic mass is 16.3. The van der Waals surface area contributed by atoms with Crippen molar-refractivity contribution >= 4 is 5.91 Å². The number of likely N-dealkylation sites (tertiary alicyclic amines) is 1. The van der Waals surface area contributed by atoms with E-state index in [1.807, 2.05) is 55.1 Å². The summed E-state index contributed by atoms with van der Waals surface area (Å²) < 4.78 is 1.61. The standard InChI is InChI=1S/C18H26N6O2/c1-14-19-20-21-24(14)16-7-4-6-15(12-16)17(25)23-10-5-8-18(26,9-11-23)13-22(2)3/h4,6-7,12,26H,5,8-11,13H2,1-3H3/t18-/m0/s1. The van der Waals surface area contributed by atoms with Gasteiger partial charge in [0.05, 0.1) is 11.3 Å². The first-order valence-corrected chi connectivity index (χ1v) is 8.90. The number of likely N-dealkylation sites (N-methyl/N-ethyl adjacent to an activating group) is 1. The quantitative estimate of drug-likeness (QED) is 0.873. The molecule has 0 aliphatic carbocycles. The Balaban J connectivity index is 1.75. The summed E-state index contributed by atoms with van der Waals surface area (Å²) in [5.41, 5.74) is 0.636.